The molecule has 1 aliphatic rings. The summed E-state index contributed by atoms with van der Waals surface area (Å²) in [5, 5.41) is 0. The fourth-order valence-corrected chi connectivity index (χ4v) is 3.00. The maximum Gasteiger partial charge on any atom is 0.270 e. The Labute approximate surface area is 142 Å². The van der Waals surface area contributed by atoms with E-state index in [4.69, 9.17) is 0 Å². The van der Waals surface area contributed by atoms with Gasteiger partial charge < -0.3 is 14.8 Å². The van der Waals surface area contributed by atoms with Crippen molar-refractivity contribution >= 4 is 11.8 Å². The lowest BCUT2D eigenvalue weighted by Crippen LogP contribution is -2.38. The van der Waals surface area contributed by atoms with E-state index in [0.29, 0.717) is 38.3 Å². The molecule has 0 atom stereocenters. The summed E-state index contributed by atoms with van der Waals surface area (Å²) in [6.45, 7) is 4.61. The van der Waals surface area contributed by atoms with Gasteiger partial charge in [0.15, 0.2) is 0 Å². The Morgan fingerprint density at radius 2 is 1.71 bits per heavy atom. The fraction of sp³-hybridized carbons (Fsp3) is 0.368. The van der Waals surface area contributed by atoms with Gasteiger partial charge in [0.2, 0.25) is 5.91 Å². The second-order valence-electron chi connectivity index (χ2n) is 6.27. The summed E-state index contributed by atoms with van der Waals surface area (Å²) < 4.78 is 0. The molecule has 126 valence electrons. The Hall–Kier alpha value is -2.56. The van der Waals surface area contributed by atoms with E-state index in [1.807, 2.05) is 47.1 Å². The van der Waals surface area contributed by atoms with Gasteiger partial charge in [-0.15, -0.1) is 0 Å². The van der Waals surface area contributed by atoms with Crippen molar-refractivity contribution in [1.29, 1.82) is 0 Å². The van der Waals surface area contributed by atoms with Gasteiger partial charge in [0.25, 0.3) is 5.91 Å². The van der Waals surface area contributed by atoms with Gasteiger partial charge in [-0.1, -0.05) is 29.8 Å². The van der Waals surface area contributed by atoms with Crippen LogP contribution in [0.3, 0.4) is 0 Å². The number of hydrogen-bond acceptors (Lipinski definition) is 2. The molecule has 0 aliphatic carbocycles. The van der Waals surface area contributed by atoms with Crippen LogP contribution in [0.5, 0.6) is 0 Å². The lowest BCUT2D eigenvalue weighted by atomic mass is 10.1. The number of aromatic amines is 1. The third-order valence-electron chi connectivity index (χ3n) is 4.44. The molecule has 1 saturated heterocycles. The minimum absolute atomic E-state index is 0.00725. The normalized spacial score (nSPS) is 15.2. The maximum atomic E-state index is 12.5. The summed E-state index contributed by atoms with van der Waals surface area (Å²) in [7, 11) is 0. The lowest BCUT2D eigenvalue weighted by molar-refractivity contribution is -0.130. The van der Waals surface area contributed by atoms with E-state index in [1.165, 1.54) is 5.56 Å². The van der Waals surface area contributed by atoms with Gasteiger partial charge in [-0.25, -0.2) is 0 Å². The van der Waals surface area contributed by atoms with E-state index >= 15 is 0 Å². The van der Waals surface area contributed by atoms with Crippen LogP contribution in [0, 0.1) is 6.92 Å². The Kier molecular flexibility index (Phi) is 4.99. The summed E-state index contributed by atoms with van der Waals surface area (Å²) in [4.78, 5) is 31.6. The maximum absolute atomic E-state index is 12.5. The van der Waals surface area contributed by atoms with E-state index in [-0.39, 0.29) is 11.8 Å². The van der Waals surface area contributed by atoms with Crippen LogP contribution in [0.1, 0.15) is 28.0 Å². The Balaban J connectivity index is 1.57. The van der Waals surface area contributed by atoms with Crippen molar-refractivity contribution in [1.82, 2.24) is 14.8 Å². The average molecular weight is 325 g/mol. The molecule has 1 fully saturated rings. The van der Waals surface area contributed by atoms with Crippen LogP contribution in [0.4, 0.5) is 0 Å². The van der Waals surface area contributed by atoms with Crippen molar-refractivity contribution < 1.29 is 9.59 Å². The minimum atomic E-state index is 0.00725. The molecule has 1 N–H and O–H groups in total. The highest BCUT2D eigenvalue weighted by Crippen LogP contribution is 2.11. The minimum Gasteiger partial charge on any atom is -0.357 e. The fourth-order valence-electron chi connectivity index (χ4n) is 3.00. The van der Waals surface area contributed by atoms with Gasteiger partial charge in [-0.3, -0.25) is 9.59 Å². The molecule has 0 spiro atoms. The highest BCUT2D eigenvalue weighted by Gasteiger charge is 2.23. The molecule has 0 saturated carbocycles. The molecule has 0 bridgehead atoms. The molecule has 24 heavy (non-hydrogen) atoms. The topological polar surface area (TPSA) is 56.4 Å². The molecule has 0 unspecified atom stereocenters. The molecular weight excluding hydrogens is 302 g/mol. The number of amides is 2. The number of carbonyl (C=O) groups is 2. The molecule has 1 aromatic carbocycles. The van der Waals surface area contributed by atoms with E-state index in [1.54, 1.807) is 12.3 Å². The Morgan fingerprint density at radius 3 is 2.42 bits per heavy atom. The van der Waals surface area contributed by atoms with Crippen LogP contribution in [0.2, 0.25) is 0 Å². The van der Waals surface area contributed by atoms with Crippen LogP contribution < -0.4 is 0 Å². The van der Waals surface area contributed by atoms with Gasteiger partial charge in [-0.05, 0) is 31.0 Å². The second kappa shape index (κ2) is 7.34. The number of carbonyl (C=O) groups excluding carboxylic acids is 2. The van der Waals surface area contributed by atoms with Gasteiger partial charge >= 0.3 is 0 Å². The van der Waals surface area contributed by atoms with E-state index in [9.17, 15) is 9.59 Å². The number of aryl methyl sites for hydroxylation is 1. The monoisotopic (exact) mass is 325 g/mol. The average Bonchev–Trinajstić information content (AvgIpc) is 3.00. The molecule has 3 rings (SSSR count). The SMILES string of the molecule is Cc1ccc(CC(=O)N2CCCN(C(=O)c3ccc[nH]3)CC2)cc1. The number of benzene rings is 1. The quantitative estimate of drug-likeness (QED) is 0.941. The summed E-state index contributed by atoms with van der Waals surface area (Å²) in [6, 6.07) is 11.7. The van der Waals surface area contributed by atoms with Crippen LogP contribution >= 0.6 is 0 Å². The number of hydrogen-bond donors (Lipinski definition) is 1. The number of rotatable bonds is 3. The first-order chi connectivity index (χ1) is 11.6. The Bertz CT molecular complexity index is 692. The third-order valence-corrected chi connectivity index (χ3v) is 4.44. The standard InChI is InChI=1S/C19H23N3O2/c1-15-5-7-16(8-6-15)14-18(23)21-10-3-11-22(13-12-21)19(24)17-4-2-9-20-17/h2,4-9,20H,3,10-14H2,1H3. The van der Waals surface area contributed by atoms with E-state index in [0.717, 1.165) is 12.0 Å². The molecule has 0 radical (unpaired) electrons. The summed E-state index contributed by atoms with van der Waals surface area (Å²) in [5.74, 6) is 0.140. The van der Waals surface area contributed by atoms with Gasteiger partial charge in [-0.2, -0.15) is 0 Å². The number of nitrogens with zero attached hydrogens (tertiary/aromatic N) is 2. The van der Waals surface area contributed by atoms with Crippen molar-refractivity contribution in [2.24, 2.45) is 0 Å². The predicted octanol–water partition coefficient (Wildman–Crippen LogP) is 2.24. The predicted molar refractivity (Wildman–Crippen MR) is 92.8 cm³/mol. The number of nitrogens with one attached hydrogen (secondary N) is 1. The number of H-pyrrole nitrogens is 1. The van der Waals surface area contributed by atoms with Gasteiger partial charge in [0, 0.05) is 32.4 Å². The first-order valence-electron chi connectivity index (χ1n) is 8.39. The van der Waals surface area contributed by atoms with Gasteiger partial charge in [0.1, 0.15) is 5.69 Å². The van der Waals surface area contributed by atoms with Crippen LogP contribution in [-0.4, -0.2) is 52.8 Å². The molecule has 2 amide bonds. The smallest absolute Gasteiger partial charge is 0.270 e. The summed E-state index contributed by atoms with van der Waals surface area (Å²) in [6.07, 6.45) is 2.99. The molecule has 1 aromatic heterocycles. The number of aromatic nitrogens is 1. The van der Waals surface area contributed by atoms with Crippen LogP contribution in [0.25, 0.3) is 0 Å². The highest BCUT2D eigenvalue weighted by atomic mass is 16.2. The second-order valence-corrected chi connectivity index (χ2v) is 6.27. The van der Waals surface area contributed by atoms with Crippen molar-refractivity contribution in [2.45, 2.75) is 19.8 Å². The zero-order valence-corrected chi connectivity index (χ0v) is 14.0. The molecule has 2 aromatic rings. The Morgan fingerprint density at radius 1 is 1.00 bits per heavy atom. The first kappa shape index (κ1) is 16.3. The summed E-state index contributed by atoms with van der Waals surface area (Å²) >= 11 is 0. The molecule has 5 heteroatoms. The largest absolute Gasteiger partial charge is 0.357 e. The molecule has 2 heterocycles. The van der Waals surface area contributed by atoms with Crippen molar-refractivity contribution in [3.63, 3.8) is 0 Å². The zero-order chi connectivity index (χ0) is 16.9. The van der Waals surface area contributed by atoms with E-state index in [2.05, 4.69) is 4.98 Å². The van der Waals surface area contributed by atoms with Crippen molar-refractivity contribution in [3.8, 4) is 0 Å². The third kappa shape index (κ3) is 3.85. The molecule has 5 nitrogen and oxygen atoms in total. The molecular formula is C19H23N3O2. The van der Waals surface area contributed by atoms with Crippen molar-refractivity contribution in [2.75, 3.05) is 26.2 Å². The first-order valence-corrected chi connectivity index (χ1v) is 8.39. The lowest BCUT2D eigenvalue weighted by Gasteiger charge is -2.22. The van der Waals surface area contributed by atoms with Crippen LogP contribution in [0.15, 0.2) is 42.6 Å². The van der Waals surface area contributed by atoms with E-state index < -0.39 is 0 Å². The summed E-state index contributed by atoms with van der Waals surface area (Å²) in [5.41, 5.74) is 2.84. The highest BCUT2D eigenvalue weighted by molar-refractivity contribution is 5.92. The van der Waals surface area contributed by atoms with Crippen molar-refractivity contribution in [3.05, 3.63) is 59.4 Å². The van der Waals surface area contributed by atoms with Crippen LogP contribution in [-0.2, 0) is 11.2 Å². The molecule has 1 aliphatic heterocycles. The van der Waals surface area contributed by atoms with Gasteiger partial charge in [0.05, 0.1) is 6.42 Å². The zero-order valence-electron chi connectivity index (χ0n) is 14.0.